The Balaban J connectivity index is 1.65. The lowest BCUT2D eigenvalue weighted by Gasteiger charge is -2.13. The number of halogens is 1. The maximum absolute atomic E-state index is 13.4. The van der Waals surface area contributed by atoms with Crippen molar-refractivity contribution in [3.05, 3.63) is 100 Å². The first kappa shape index (κ1) is 23.5. The van der Waals surface area contributed by atoms with Crippen molar-refractivity contribution in [2.24, 2.45) is 0 Å². The van der Waals surface area contributed by atoms with Crippen molar-refractivity contribution in [1.29, 1.82) is 0 Å². The number of fused-ring (bicyclic) bond motifs is 1. The minimum atomic E-state index is -1.02. The van der Waals surface area contributed by atoms with E-state index in [2.05, 4.69) is 5.32 Å². The molecule has 1 heterocycles. The van der Waals surface area contributed by atoms with E-state index in [0.717, 1.165) is 10.9 Å². The van der Waals surface area contributed by atoms with E-state index in [-0.39, 0.29) is 18.2 Å². The summed E-state index contributed by atoms with van der Waals surface area (Å²) >= 11 is 5.98. The van der Waals surface area contributed by atoms with Gasteiger partial charge in [0.05, 0.1) is 19.0 Å². The van der Waals surface area contributed by atoms with E-state index in [4.69, 9.17) is 16.3 Å². The highest BCUT2D eigenvalue weighted by Gasteiger charge is 2.22. The molecule has 0 saturated carbocycles. The molecular weight excluding hydrogens is 452 g/mol. The molecule has 2 N–H and O–H groups in total. The van der Waals surface area contributed by atoms with Crippen molar-refractivity contribution < 1.29 is 19.4 Å². The van der Waals surface area contributed by atoms with Gasteiger partial charge in [-0.05, 0) is 60.5 Å². The van der Waals surface area contributed by atoms with Crippen LogP contribution in [-0.4, -0.2) is 34.8 Å². The molecule has 174 valence electrons. The SMILES string of the molecule is COc1ccc2c(c1)c(CC(=O)NC(O)Cc1ccccc1)c(C)n2C(=O)c1ccc(Cl)cc1. The molecule has 1 atom stereocenters. The van der Waals surface area contributed by atoms with Gasteiger partial charge < -0.3 is 15.2 Å². The van der Waals surface area contributed by atoms with Gasteiger partial charge in [-0.15, -0.1) is 0 Å². The van der Waals surface area contributed by atoms with Crippen molar-refractivity contribution in [3.8, 4) is 5.75 Å². The number of nitrogens with zero attached hydrogens (tertiary/aromatic N) is 1. The van der Waals surface area contributed by atoms with Crippen molar-refractivity contribution in [1.82, 2.24) is 9.88 Å². The summed E-state index contributed by atoms with van der Waals surface area (Å²) < 4.78 is 6.97. The fraction of sp³-hybridized carbons (Fsp3) is 0.185. The first-order chi connectivity index (χ1) is 16.4. The number of ether oxygens (including phenoxy) is 1. The zero-order chi connectivity index (χ0) is 24.2. The molecule has 1 amide bonds. The Morgan fingerprint density at radius 3 is 2.44 bits per heavy atom. The van der Waals surface area contributed by atoms with Crippen molar-refractivity contribution in [2.75, 3.05) is 7.11 Å². The highest BCUT2D eigenvalue weighted by atomic mass is 35.5. The highest BCUT2D eigenvalue weighted by Crippen LogP contribution is 2.31. The minimum Gasteiger partial charge on any atom is -0.497 e. The number of carbonyl (C=O) groups is 2. The number of methoxy groups -OCH3 is 1. The molecule has 0 aliphatic carbocycles. The molecule has 4 aromatic rings. The van der Waals surface area contributed by atoms with Crippen LogP contribution in [0.3, 0.4) is 0 Å². The zero-order valence-electron chi connectivity index (χ0n) is 18.9. The van der Waals surface area contributed by atoms with E-state index >= 15 is 0 Å². The number of carbonyl (C=O) groups excluding carboxylic acids is 2. The molecule has 0 bridgehead atoms. The maximum atomic E-state index is 13.4. The molecule has 7 heteroatoms. The summed E-state index contributed by atoms with van der Waals surface area (Å²) in [5.41, 5.74) is 3.42. The Morgan fingerprint density at radius 2 is 1.76 bits per heavy atom. The summed E-state index contributed by atoms with van der Waals surface area (Å²) in [6.45, 7) is 1.81. The summed E-state index contributed by atoms with van der Waals surface area (Å²) in [5, 5.41) is 14.3. The number of hydrogen-bond donors (Lipinski definition) is 2. The Hall–Kier alpha value is -3.61. The first-order valence-corrected chi connectivity index (χ1v) is 11.2. The monoisotopic (exact) mass is 476 g/mol. The molecule has 0 fully saturated rings. The van der Waals surface area contributed by atoms with Gasteiger partial charge in [0, 0.05) is 28.1 Å². The van der Waals surface area contributed by atoms with Crippen LogP contribution < -0.4 is 10.1 Å². The summed E-state index contributed by atoms with van der Waals surface area (Å²) in [5.74, 6) is 0.0572. The van der Waals surface area contributed by atoms with E-state index < -0.39 is 6.23 Å². The van der Waals surface area contributed by atoms with Gasteiger partial charge in [0.25, 0.3) is 5.91 Å². The minimum absolute atomic E-state index is 0.00223. The lowest BCUT2D eigenvalue weighted by molar-refractivity contribution is -0.123. The van der Waals surface area contributed by atoms with Gasteiger partial charge in [-0.2, -0.15) is 0 Å². The molecule has 0 aliphatic heterocycles. The van der Waals surface area contributed by atoms with E-state index in [0.29, 0.717) is 39.5 Å². The Labute approximate surface area is 202 Å². The standard InChI is InChI=1S/C27H25ClN2O4/c1-17-22(16-26(32)29-25(31)14-18-6-4-3-5-7-18)23-15-21(34-2)12-13-24(23)30(17)27(33)19-8-10-20(28)11-9-19/h3-13,15,25,31H,14,16H2,1-2H3,(H,29,32). The van der Waals surface area contributed by atoms with Gasteiger partial charge in [0.1, 0.15) is 12.0 Å². The molecule has 1 aromatic heterocycles. The summed E-state index contributed by atoms with van der Waals surface area (Å²) in [6.07, 6.45) is -0.716. The third kappa shape index (κ3) is 4.98. The third-order valence-electron chi connectivity index (χ3n) is 5.77. The molecule has 1 unspecified atom stereocenters. The van der Waals surface area contributed by atoms with Gasteiger partial charge >= 0.3 is 0 Å². The van der Waals surface area contributed by atoms with Gasteiger partial charge in [-0.25, -0.2) is 0 Å². The summed E-state index contributed by atoms with van der Waals surface area (Å²) in [4.78, 5) is 26.2. The number of rotatable bonds is 7. The average Bonchev–Trinajstić information content (AvgIpc) is 3.10. The molecular formula is C27H25ClN2O4. The van der Waals surface area contributed by atoms with Crippen LogP contribution in [0.15, 0.2) is 72.8 Å². The van der Waals surface area contributed by atoms with E-state index in [1.165, 1.54) is 0 Å². The van der Waals surface area contributed by atoms with Crippen LogP contribution in [0.25, 0.3) is 10.9 Å². The molecule has 34 heavy (non-hydrogen) atoms. The smallest absolute Gasteiger partial charge is 0.262 e. The van der Waals surface area contributed by atoms with Crippen LogP contribution >= 0.6 is 11.6 Å². The first-order valence-electron chi connectivity index (χ1n) is 10.9. The number of nitrogens with one attached hydrogen (secondary N) is 1. The topological polar surface area (TPSA) is 80.6 Å². The van der Waals surface area contributed by atoms with Crippen molar-refractivity contribution >= 4 is 34.3 Å². The lowest BCUT2D eigenvalue weighted by atomic mass is 10.1. The van der Waals surface area contributed by atoms with Crippen molar-refractivity contribution in [3.63, 3.8) is 0 Å². The number of benzene rings is 3. The average molecular weight is 477 g/mol. The molecule has 6 nitrogen and oxygen atoms in total. The molecule has 0 radical (unpaired) electrons. The number of aliphatic hydroxyl groups excluding tert-OH is 1. The normalized spacial score (nSPS) is 11.9. The number of aliphatic hydroxyl groups is 1. The van der Waals surface area contributed by atoms with Crippen LogP contribution in [0.2, 0.25) is 5.02 Å². The Morgan fingerprint density at radius 1 is 1.06 bits per heavy atom. The van der Waals surface area contributed by atoms with Crippen LogP contribution in [-0.2, 0) is 17.6 Å². The molecule has 3 aromatic carbocycles. The number of hydrogen-bond acceptors (Lipinski definition) is 4. The molecule has 0 spiro atoms. The predicted molar refractivity (Wildman–Crippen MR) is 132 cm³/mol. The number of amides is 1. The molecule has 0 saturated heterocycles. The van der Waals surface area contributed by atoms with E-state index in [1.54, 1.807) is 48.1 Å². The number of aromatic nitrogens is 1. The van der Waals surface area contributed by atoms with Crippen LogP contribution in [0, 0.1) is 6.92 Å². The second-order valence-electron chi connectivity index (χ2n) is 8.04. The maximum Gasteiger partial charge on any atom is 0.262 e. The summed E-state index contributed by atoms with van der Waals surface area (Å²) in [7, 11) is 1.57. The highest BCUT2D eigenvalue weighted by molar-refractivity contribution is 6.30. The van der Waals surface area contributed by atoms with Crippen LogP contribution in [0.4, 0.5) is 0 Å². The van der Waals surface area contributed by atoms with Gasteiger partial charge in [0.15, 0.2) is 0 Å². The zero-order valence-corrected chi connectivity index (χ0v) is 19.7. The van der Waals surface area contributed by atoms with E-state index in [9.17, 15) is 14.7 Å². The Kier molecular flexibility index (Phi) is 7.01. The van der Waals surface area contributed by atoms with Gasteiger partial charge in [-0.3, -0.25) is 14.2 Å². The summed E-state index contributed by atoms with van der Waals surface area (Å²) in [6, 6.07) is 21.5. The third-order valence-corrected chi connectivity index (χ3v) is 6.02. The van der Waals surface area contributed by atoms with Crippen LogP contribution in [0.1, 0.15) is 27.2 Å². The molecule has 4 rings (SSSR count). The second kappa shape index (κ2) is 10.1. The quantitative estimate of drug-likeness (QED) is 0.384. The van der Waals surface area contributed by atoms with E-state index in [1.807, 2.05) is 43.3 Å². The van der Waals surface area contributed by atoms with Crippen molar-refractivity contribution in [2.45, 2.75) is 26.0 Å². The fourth-order valence-corrected chi connectivity index (χ4v) is 4.21. The lowest BCUT2D eigenvalue weighted by Crippen LogP contribution is -2.37. The van der Waals surface area contributed by atoms with Gasteiger partial charge in [-0.1, -0.05) is 41.9 Å². The predicted octanol–water partition coefficient (Wildman–Crippen LogP) is 4.52. The van der Waals surface area contributed by atoms with Crippen LogP contribution in [0.5, 0.6) is 5.75 Å². The largest absolute Gasteiger partial charge is 0.497 e. The second-order valence-corrected chi connectivity index (χ2v) is 8.48. The fourth-order valence-electron chi connectivity index (χ4n) is 4.08. The Bertz CT molecular complexity index is 1330. The molecule has 0 aliphatic rings. The van der Waals surface area contributed by atoms with Gasteiger partial charge in [0.2, 0.25) is 5.91 Å².